The quantitative estimate of drug-likeness (QED) is 0.754. The Balaban J connectivity index is 2.08. The van der Waals surface area contributed by atoms with Gasteiger partial charge >= 0.3 is 0 Å². The van der Waals surface area contributed by atoms with Crippen molar-refractivity contribution in [3.63, 3.8) is 0 Å². The number of nitrogens with two attached hydrogens (primary N) is 1. The van der Waals surface area contributed by atoms with Gasteiger partial charge in [0.1, 0.15) is 0 Å². The lowest BCUT2D eigenvalue weighted by Gasteiger charge is -2.34. The van der Waals surface area contributed by atoms with Crippen molar-refractivity contribution in [2.24, 2.45) is 23.5 Å². The molecule has 0 bridgehead atoms. The molecular weight excluding hydrogens is 196 g/mol. The van der Waals surface area contributed by atoms with Crippen LogP contribution in [-0.4, -0.2) is 31.1 Å². The Kier molecular flexibility index (Phi) is 6.37. The summed E-state index contributed by atoms with van der Waals surface area (Å²) in [5.74, 6) is 2.55. The zero-order chi connectivity index (χ0) is 12.0. The molecule has 0 radical (unpaired) electrons. The zero-order valence-electron chi connectivity index (χ0n) is 11.4. The molecule has 1 unspecified atom stereocenters. The first-order valence-electron chi connectivity index (χ1n) is 7.06. The minimum Gasteiger partial charge on any atom is -0.330 e. The second kappa shape index (κ2) is 7.29. The van der Waals surface area contributed by atoms with Gasteiger partial charge in [-0.1, -0.05) is 20.8 Å². The summed E-state index contributed by atoms with van der Waals surface area (Å²) in [5, 5.41) is 0. The molecule has 0 aliphatic carbocycles. The summed E-state index contributed by atoms with van der Waals surface area (Å²) in [6, 6.07) is 0. The molecule has 0 saturated carbocycles. The Hall–Kier alpha value is -0.0800. The average Bonchev–Trinajstić information content (AvgIpc) is 2.29. The van der Waals surface area contributed by atoms with Gasteiger partial charge in [0.05, 0.1) is 0 Å². The van der Waals surface area contributed by atoms with Crippen LogP contribution < -0.4 is 5.73 Å². The van der Waals surface area contributed by atoms with E-state index in [1.165, 1.54) is 45.3 Å². The predicted octanol–water partition coefficient (Wildman–Crippen LogP) is 2.73. The monoisotopic (exact) mass is 226 g/mol. The van der Waals surface area contributed by atoms with Gasteiger partial charge in [0.15, 0.2) is 0 Å². The minimum atomic E-state index is 0.702. The van der Waals surface area contributed by atoms with Crippen LogP contribution in [0.1, 0.15) is 46.5 Å². The Morgan fingerprint density at radius 1 is 1.19 bits per heavy atom. The van der Waals surface area contributed by atoms with Crippen LogP contribution >= 0.6 is 0 Å². The van der Waals surface area contributed by atoms with E-state index in [0.29, 0.717) is 5.92 Å². The fraction of sp³-hybridized carbons (Fsp3) is 1.00. The van der Waals surface area contributed by atoms with Gasteiger partial charge < -0.3 is 10.6 Å². The summed E-state index contributed by atoms with van der Waals surface area (Å²) in [7, 11) is 0. The summed E-state index contributed by atoms with van der Waals surface area (Å²) in [5.41, 5.74) is 5.63. The molecule has 1 fully saturated rings. The van der Waals surface area contributed by atoms with E-state index in [0.717, 1.165) is 18.4 Å². The molecule has 0 aromatic heterocycles. The molecule has 2 nitrogen and oxygen atoms in total. The molecule has 1 heterocycles. The molecule has 1 aliphatic rings. The van der Waals surface area contributed by atoms with E-state index in [4.69, 9.17) is 5.73 Å². The minimum absolute atomic E-state index is 0.702. The topological polar surface area (TPSA) is 29.3 Å². The third-order valence-corrected chi connectivity index (χ3v) is 4.15. The Labute approximate surface area is 102 Å². The number of piperidine rings is 1. The van der Waals surface area contributed by atoms with E-state index in [-0.39, 0.29) is 0 Å². The van der Waals surface area contributed by atoms with E-state index in [1.807, 2.05) is 0 Å². The lowest BCUT2D eigenvalue weighted by atomic mass is 9.86. The molecule has 1 atom stereocenters. The van der Waals surface area contributed by atoms with Gasteiger partial charge in [0.2, 0.25) is 0 Å². The van der Waals surface area contributed by atoms with Gasteiger partial charge in [-0.25, -0.2) is 0 Å². The van der Waals surface area contributed by atoms with Gasteiger partial charge in [-0.05, 0) is 69.6 Å². The smallest absolute Gasteiger partial charge is 0.00160 e. The van der Waals surface area contributed by atoms with E-state index >= 15 is 0 Å². The molecule has 0 spiro atoms. The number of likely N-dealkylation sites (tertiary alicyclic amines) is 1. The van der Waals surface area contributed by atoms with Crippen molar-refractivity contribution < 1.29 is 0 Å². The lowest BCUT2D eigenvalue weighted by molar-refractivity contribution is 0.154. The largest absolute Gasteiger partial charge is 0.330 e. The predicted molar refractivity (Wildman–Crippen MR) is 71.5 cm³/mol. The summed E-state index contributed by atoms with van der Waals surface area (Å²) >= 11 is 0. The molecule has 0 amide bonds. The van der Waals surface area contributed by atoms with Crippen LogP contribution in [-0.2, 0) is 0 Å². The maximum Gasteiger partial charge on any atom is -0.00160 e. The van der Waals surface area contributed by atoms with E-state index in [1.54, 1.807) is 0 Å². The molecule has 1 rings (SSSR count). The summed E-state index contributed by atoms with van der Waals surface area (Å²) in [6.45, 7) is 11.8. The van der Waals surface area contributed by atoms with Crippen molar-refractivity contribution in [1.29, 1.82) is 0 Å². The summed E-state index contributed by atoms with van der Waals surface area (Å²) in [4.78, 5) is 2.64. The SMILES string of the molecule is CC(CN)CCCN1CCC(C(C)C)CC1. The van der Waals surface area contributed by atoms with Crippen molar-refractivity contribution in [2.45, 2.75) is 46.5 Å². The van der Waals surface area contributed by atoms with Crippen molar-refractivity contribution in [3.05, 3.63) is 0 Å². The fourth-order valence-electron chi connectivity index (χ4n) is 2.62. The van der Waals surface area contributed by atoms with Gasteiger partial charge in [-0.2, -0.15) is 0 Å². The van der Waals surface area contributed by atoms with Gasteiger partial charge in [0.25, 0.3) is 0 Å². The molecule has 2 N–H and O–H groups in total. The third-order valence-electron chi connectivity index (χ3n) is 4.15. The van der Waals surface area contributed by atoms with Crippen LogP contribution in [0.2, 0.25) is 0 Å². The average molecular weight is 226 g/mol. The standard InChI is InChI=1S/C14H30N2/c1-12(2)14-6-9-16(10-7-14)8-4-5-13(3)11-15/h12-14H,4-11,15H2,1-3H3. The van der Waals surface area contributed by atoms with Crippen LogP contribution in [0.4, 0.5) is 0 Å². The first-order chi connectivity index (χ1) is 7.63. The highest BCUT2D eigenvalue weighted by Gasteiger charge is 2.20. The molecule has 96 valence electrons. The number of hydrogen-bond donors (Lipinski definition) is 1. The van der Waals surface area contributed by atoms with Crippen LogP contribution in [0, 0.1) is 17.8 Å². The number of rotatable bonds is 6. The second-order valence-electron chi connectivity index (χ2n) is 5.91. The molecule has 16 heavy (non-hydrogen) atoms. The first kappa shape index (κ1) is 14.0. The molecule has 1 aliphatic heterocycles. The molecule has 2 heteroatoms. The molecule has 1 saturated heterocycles. The van der Waals surface area contributed by atoms with Crippen LogP contribution in [0.5, 0.6) is 0 Å². The Bertz CT molecular complexity index is 172. The molecular formula is C14H30N2. The van der Waals surface area contributed by atoms with E-state index in [2.05, 4.69) is 25.7 Å². The third kappa shape index (κ3) is 4.84. The van der Waals surface area contributed by atoms with Crippen LogP contribution in [0.25, 0.3) is 0 Å². The fourth-order valence-corrected chi connectivity index (χ4v) is 2.62. The van der Waals surface area contributed by atoms with Crippen molar-refractivity contribution in [3.8, 4) is 0 Å². The van der Waals surface area contributed by atoms with Gasteiger partial charge in [-0.15, -0.1) is 0 Å². The van der Waals surface area contributed by atoms with Gasteiger partial charge in [0, 0.05) is 0 Å². The maximum atomic E-state index is 5.63. The highest BCUT2D eigenvalue weighted by atomic mass is 15.1. The van der Waals surface area contributed by atoms with Crippen molar-refractivity contribution in [2.75, 3.05) is 26.2 Å². The maximum absolute atomic E-state index is 5.63. The molecule has 0 aromatic rings. The highest BCUT2D eigenvalue weighted by molar-refractivity contribution is 4.74. The van der Waals surface area contributed by atoms with E-state index < -0.39 is 0 Å². The van der Waals surface area contributed by atoms with Crippen molar-refractivity contribution in [1.82, 2.24) is 4.90 Å². The number of nitrogens with zero attached hydrogens (tertiary/aromatic N) is 1. The lowest BCUT2D eigenvalue weighted by Crippen LogP contribution is -2.36. The van der Waals surface area contributed by atoms with Crippen LogP contribution in [0.3, 0.4) is 0 Å². The summed E-state index contributed by atoms with van der Waals surface area (Å²) in [6.07, 6.45) is 5.43. The Morgan fingerprint density at radius 2 is 1.81 bits per heavy atom. The Morgan fingerprint density at radius 3 is 2.31 bits per heavy atom. The van der Waals surface area contributed by atoms with Gasteiger partial charge in [-0.3, -0.25) is 0 Å². The highest BCUT2D eigenvalue weighted by Crippen LogP contribution is 2.24. The van der Waals surface area contributed by atoms with Crippen molar-refractivity contribution >= 4 is 0 Å². The normalized spacial score (nSPS) is 21.6. The molecule has 0 aromatic carbocycles. The zero-order valence-corrected chi connectivity index (χ0v) is 11.4. The van der Waals surface area contributed by atoms with E-state index in [9.17, 15) is 0 Å². The second-order valence-corrected chi connectivity index (χ2v) is 5.91. The number of hydrogen-bond acceptors (Lipinski definition) is 2. The van der Waals surface area contributed by atoms with Crippen LogP contribution in [0.15, 0.2) is 0 Å². The summed E-state index contributed by atoms with van der Waals surface area (Å²) < 4.78 is 0. The first-order valence-corrected chi connectivity index (χ1v) is 7.06.